The first-order chi connectivity index (χ1) is 2.00. The van der Waals surface area contributed by atoms with Gasteiger partial charge in [0.05, 0.1) is 0 Å². The summed E-state index contributed by atoms with van der Waals surface area (Å²) >= 11 is 0. The van der Waals surface area contributed by atoms with Gasteiger partial charge in [-0.05, 0) is 0 Å². The summed E-state index contributed by atoms with van der Waals surface area (Å²) in [6.45, 7) is 0. The molecule has 0 atom stereocenters. The van der Waals surface area contributed by atoms with E-state index >= 15 is 0 Å². The van der Waals surface area contributed by atoms with Crippen LogP contribution in [0.25, 0.3) is 0 Å². The van der Waals surface area contributed by atoms with Crippen LogP contribution >= 0.6 is 7.82 Å². The van der Waals surface area contributed by atoms with Crippen LogP contribution in [0.3, 0.4) is 0 Å². The molecule has 0 amide bonds. The second kappa shape index (κ2) is 5.74. The van der Waals surface area contributed by atoms with Crippen molar-refractivity contribution >= 4 is 33.7 Å². The molecule has 0 heterocycles. The van der Waals surface area contributed by atoms with E-state index in [1.54, 1.807) is 0 Å². The zero-order valence-corrected chi connectivity index (χ0v) is 10.5. The van der Waals surface area contributed by atoms with E-state index in [4.69, 9.17) is 19.2 Å². The molecule has 0 rings (SSSR count). The van der Waals surface area contributed by atoms with Gasteiger partial charge in [-0.15, -0.1) is 0 Å². The minimum Gasteiger partial charge on any atom is -0.822 e. The average molecular weight is 275 g/mol. The molecule has 0 bridgehead atoms. The third-order valence-corrected chi connectivity index (χ3v) is 0. The SMILES string of the molecule is O=P([O-])([O-])[O-].[In+3].[Zn+2]. The average Bonchev–Trinajstić information content (AvgIpc) is 0.722. The Hall–Kier alpha value is 1.60. The molecule has 0 saturated heterocycles. The first-order valence-electron chi connectivity index (χ1n) is 0.730. The summed E-state index contributed by atoms with van der Waals surface area (Å²) in [5.74, 6) is 0. The van der Waals surface area contributed by atoms with Gasteiger partial charge in [-0.25, -0.2) is 0 Å². The molecule has 32 valence electrons. The molecule has 0 saturated carbocycles. The largest absolute Gasteiger partial charge is 3.00 e. The summed E-state index contributed by atoms with van der Waals surface area (Å²) in [5.41, 5.74) is 0. The van der Waals surface area contributed by atoms with Crippen LogP contribution < -0.4 is 14.7 Å². The standard InChI is InChI=1S/In.H3O4P.Zn/c;1-5(2,3)4;/h;(H3,1,2,3,4);/q+3;;+2/p-3. The van der Waals surface area contributed by atoms with E-state index in [1.807, 2.05) is 0 Å². The molecule has 7 heavy (non-hydrogen) atoms. The zero-order valence-electron chi connectivity index (χ0n) is 3.36. The van der Waals surface area contributed by atoms with Crippen molar-refractivity contribution in [3.8, 4) is 0 Å². The Bertz CT molecular complexity index is 57.8. The summed E-state index contributed by atoms with van der Waals surface area (Å²) in [5, 5.41) is 0. The Morgan fingerprint density at radius 3 is 1.14 bits per heavy atom. The van der Waals surface area contributed by atoms with E-state index in [9.17, 15) is 0 Å². The van der Waals surface area contributed by atoms with Gasteiger partial charge in [0.1, 0.15) is 0 Å². The fourth-order valence-electron chi connectivity index (χ4n) is 0. The maximum absolute atomic E-state index is 8.55. The molecule has 0 aliphatic heterocycles. The van der Waals surface area contributed by atoms with Crippen molar-refractivity contribution in [2.24, 2.45) is 0 Å². The third kappa shape index (κ3) is 92.9. The predicted molar refractivity (Wildman–Crippen MR) is 13.4 cm³/mol. The molecular weight excluding hydrogens is 275 g/mol. The molecule has 0 radical (unpaired) electrons. The predicted octanol–water partition coefficient (Wildman–Crippen LogP) is -3.21. The zero-order chi connectivity index (χ0) is 4.50. The molecule has 0 aliphatic carbocycles. The van der Waals surface area contributed by atoms with Crippen molar-refractivity contribution in [3.05, 3.63) is 0 Å². The van der Waals surface area contributed by atoms with Crippen LogP contribution in [0, 0.1) is 0 Å². The van der Waals surface area contributed by atoms with Crippen molar-refractivity contribution < 1.29 is 38.7 Å². The monoisotopic (exact) mass is 274 g/mol. The molecule has 0 aliphatic rings. The Labute approximate surface area is 72.1 Å². The van der Waals surface area contributed by atoms with Crippen LogP contribution in [0.4, 0.5) is 0 Å². The Balaban J connectivity index is -0.0000000800. The molecule has 7 heteroatoms. The summed E-state index contributed by atoms with van der Waals surface area (Å²) in [6.07, 6.45) is 0. The molecule has 0 aromatic carbocycles. The van der Waals surface area contributed by atoms with Gasteiger partial charge >= 0.3 is 45.3 Å². The maximum atomic E-state index is 8.55. The minimum atomic E-state index is -5.39. The van der Waals surface area contributed by atoms with Crippen molar-refractivity contribution in [2.75, 3.05) is 0 Å². The van der Waals surface area contributed by atoms with Gasteiger partial charge in [0.25, 0.3) is 0 Å². The summed E-state index contributed by atoms with van der Waals surface area (Å²) in [4.78, 5) is 25.6. The van der Waals surface area contributed by atoms with E-state index in [0.717, 1.165) is 0 Å². The number of phosphoric acid groups is 1. The van der Waals surface area contributed by atoms with Gasteiger partial charge < -0.3 is 19.2 Å². The van der Waals surface area contributed by atoms with E-state index in [0.29, 0.717) is 0 Å². The van der Waals surface area contributed by atoms with Crippen molar-refractivity contribution in [2.45, 2.75) is 0 Å². The summed E-state index contributed by atoms with van der Waals surface area (Å²) < 4.78 is 8.55. The van der Waals surface area contributed by atoms with Crippen LogP contribution in [-0.4, -0.2) is 25.8 Å². The molecule has 0 fully saturated rings. The van der Waals surface area contributed by atoms with Crippen LogP contribution in [0.5, 0.6) is 0 Å². The second-order valence-corrected chi connectivity index (χ2v) is 1.34. The van der Waals surface area contributed by atoms with Crippen LogP contribution in [0.2, 0.25) is 0 Å². The second-order valence-electron chi connectivity index (χ2n) is 0.447. The smallest absolute Gasteiger partial charge is 0.822 e. The van der Waals surface area contributed by atoms with E-state index < -0.39 is 7.82 Å². The normalized spacial score (nSPS) is 8.43. The van der Waals surface area contributed by atoms with Gasteiger partial charge in [0, 0.05) is 0 Å². The topological polar surface area (TPSA) is 86.2 Å². The van der Waals surface area contributed by atoms with Crippen molar-refractivity contribution in [3.63, 3.8) is 0 Å². The molecular formula is InO4PZn+2. The summed E-state index contributed by atoms with van der Waals surface area (Å²) in [6, 6.07) is 0. The fourth-order valence-corrected chi connectivity index (χ4v) is 0. The van der Waals surface area contributed by atoms with Crippen molar-refractivity contribution in [1.29, 1.82) is 0 Å². The summed E-state index contributed by atoms with van der Waals surface area (Å²) in [7, 11) is -5.39. The molecule has 4 nitrogen and oxygen atoms in total. The number of hydrogen-bond acceptors (Lipinski definition) is 4. The first kappa shape index (κ1) is 15.8. The van der Waals surface area contributed by atoms with Crippen LogP contribution in [-0.2, 0) is 24.0 Å². The van der Waals surface area contributed by atoms with Gasteiger partial charge in [-0.2, -0.15) is 7.82 Å². The molecule has 0 N–H and O–H groups in total. The van der Waals surface area contributed by atoms with E-state index in [1.165, 1.54) is 0 Å². The molecule has 0 aromatic heterocycles. The number of hydrogen-bond donors (Lipinski definition) is 0. The first-order valence-corrected chi connectivity index (χ1v) is 2.19. The molecule has 0 aromatic rings. The minimum absolute atomic E-state index is 0. The quantitative estimate of drug-likeness (QED) is 0.344. The van der Waals surface area contributed by atoms with Gasteiger partial charge in [-0.1, -0.05) is 0 Å². The molecule has 0 unspecified atom stereocenters. The fraction of sp³-hybridized carbons (Fsp3) is 0. The Kier molecular flexibility index (Phi) is 13.0. The Morgan fingerprint density at radius 2 is 1.14 bits per heavy atom. The van der Waals surface area contributed by atoms with Gasteiger partial charge in [0.15, 0.2) is 0 Å². The van der Waals surface area contributed by atoms with Crippen LogP contribution in [0.15, 0.2) is 0 Å². The van der Waals surface area contributed by atoms with E-state index in [-0.39, 0.29) is 45.3 Å². The van der Waals surface area contributed by atoms with E-state index in [2.05, 4.69) is 0 Å². The maximum Gasteiger partial charge on any atom is 3.00 e. The van der Waals surface area contributed by atoms with Gasteiger partial charge in [0.2, 0.25) is 0 Å². The Morgan fingerprint density at radius 1 is 1.14 bits per heavy atom. The van der Waals surface area contributed by atoms with Gasteiger partial charge in [-0.3, -0.25) is 0 Å². The molecule has 0 spiro atoms. The number of rotatable bonds is 0. The van der Waals surface area contributed by atoms with Crippen molar-refractivity contribution in [1.82, 2.24) is 0 Å². The third-order valence-electron chi connectivity index (χ3n) is 0. The van der Waals surface area contributed by atoms with Crippen LogP contribution in [0.1, 0.15) is 0 Å².